The Morgan fingerprint density at radius 1 is 1.36 bits per heavy atom. The van der Waals surface area contributed by atoms with Crippen LogP contribution in [0, 0.1) is 18.3 Å². The number of ether oxygens (including phenoxy) is 2. The second-order valence-corrected chi connectivity index (χ2v) is 6.46. The van der Waals surface area contributed by atoms with Crippen LogP contribution in [-0.4, -0.2) is 23.7 Å². The summed E-state index contributed by atoms with van der Waals surface area (Å²) in [6.45, 7) is 3.37. The summed E-state index contributed by atoms with van der Waals surface area (Å²) in [6.07, 6.45) is 0.232. The second kappa shape index (κ2) is 7.40. The number of nitrogens with one attached hydrogen (secondary N) is 1. The van der Waals surface area contributed by atoms with Crippen molar-refractivity contribution in [3.05, 3.63) is 44.0 Å². The average Bonchev–Trinajstić information content (AvgIpc) is 2.92. The molecule has 0 spiro atoms. The van der Waals surface area contributed by atoms with Crippen molar-refractivity contribution >= 4 is 17.2 Å². The Labute approximate surface area is 148 Å². The molecule has 0 bridgehead atoms. The maximum Gasteiger partial charge on any atom is 0.308 e. The minimum atomic E-state index is -0.301. The molecule has 1 aliphatic rings. The van der Waals surface area contributed by atoms with E-state index in [2.05, 4.69) is 5.32 Å². The maximum atomic E-state index is 12.4. The molecule has 0 aliphatic carbocycles. The Kier molecular flexibility index (Phi) is 5.05. The molecule has 7 nitrogen and oxygen atoms in total. The Balaban J connectivity index is 1.69. The lowest BCUT2D eigenvalue weighted by molar-refractivity contribution is 0.0953. The van der Waals surface area contributed by atoms with Gasteiger partial charge in [0.2, 0.25) is 0 Å². The van der Waals surface area contributed by atoms with E-state index in [1.807, 2.05) is 24.3 Å². The third kappa shape index (κ3) is 3.67. The van der Waals surface area contributed by atoms with Crippen LogP contribution in [0.15, 0.2) is 23.0 Å². The summed E-state index contributed by atoms with van der Waals surface area (Å²) in [5.41, 5.74) is 1.47. The zero-order valence-electron chi connectivity index (χ0n) is 13.7. The maximum absolute atomic E-state index is 12.4. The van der Waals surface area contributed by atoms with E-state index >= 15 is 0 Å². The molecule has 3 rings (SSSR count). The number of nitrogens with zero attached hydrogens (tertiary/aromatic N) is 2. The third-order valence-corrected chi connectivity index (χ3v) is 4.94. The van der Waals surface area contributed by atoms with E-state index in [0.29, 0.717) is 48.4 Å². The number of carbonyl (C=O) groups excluding carboxylic acids is 1. The molecule has 1 N–H and O–H groups in total. The number of benzene rings is 1. The highest BCUT2D eigenvalue weighted by Crippen LogP contribution is 2.30. The standard InChI is InChI=1S/C17H17N3O4S/c1-11-15(25-17(22)20(11)6-2-5-18)16(21)19-10-12-3-4-13-14(9-12)24-8-7-23-13/h3-4,9H,2,6-8,10H2,1H3,(H,19,21). The van der Waals surface area contributed by atoms with E-state index < -0.39 is 0 Å². The van der Waals surface area contributed by atoms with Gasteiger partial charge in [0.25, 0.3) is 5.91 Å². The second-order valence-electron chi connectivity index (χ2n) is 5.50. The van der Waals surface area contributed by atoms with Gasteiger partial charge < -0.3 is 19.4 Å². The Morgan fingerprint density at radius 2 is 2.12 bits per heavy atom. The average molecular weight is 359 g/mol. The quantitative estimate of drug-likeness (QED) is 0.879. The Morgan fingerprint density at radius 3 is 2.88 bits per heavy atom. The fourth-order valence-corrected chi connectivity index (χ4v) is 3.50. The van der Waals surface area contributed by atoms with Crippen molar-refractivity contribution < 1.29 is 14.3 Å². The number of hydrogen-bond donors (Lipinski definition) is 1. The number of amides is 1. The zero-order chi connectivity index (χ0) is 17.8. The lowest BCUT2D eigenvalue weighted by atomic mass is 10.2. The van der Waals surface area contributed by atoms with E-state index in [9.17, 15) is 9.59 Å². The van der Waals surface area contributed by atoms with Crippen LogP contribution < -0.4 is 19.7 Å². The molecule has 0 unspecified atom stereocenters. The minimum absolute atomic E-state index is 0.225. The molecule has 0 saturated heterocycles. The first-order valence-electron chi connectivity index (χ1n) is 7.84. The van der Waals surface area contributed by atoms with Crippen molar-refractivity contribution in [1.82, 2.24) is 9.88 Å². The highest BCUT2D eigenvalue weighted by atomic mass is 32.1. The summed E-state index contributed by atoms with van der Waals surface area (Å²) in [6, 6.07) is 7.52. The molecule has 2 heterocycles. The topological polar surface area (TPSA) is 93.3 Å². The van der Waals surface area contributed by atoms with Gasteiger partial charge in [-0.2, -0.15) is 5.26 Å². The van der Waals surface area contributed by atoms with E-state index in [-0.39, 0.29) is 17.2 Å². The van der Waals surface area contributed by atoms with E-state index in [4.69, 9.17) is 14.7 Å². The summed E-state index contributed by atoms with van der Waals surface area (Å²) in [5.74, 6) is 1.07. The van der Waals surface area contributed by atoms with Crippen molar-refractivity contribution in [2.75, 3.05) is 13.2 Å². The van der Waals surface area contributed by atoms with E-state index in [1.54, 1.807) is 6.92 Å². The lowest BCUT2D eigenvalue weighted by Crippen LogP contribution is -2.23. The molecule has 0 fully saturated rings. The third-order valence-electron chi connectivity index (χ3n) is 3.86. The summed E-state index contributed by atoms with van der Waals surface area (Å²) >= 11 is 0.899. The summed E-state index contributed by atoms with van der Waals surface area (Å²) in [4.78, 5) is 24.5. The number of rotatable bonds is 5. The molecule has 1 aromatic heterocycles. The number of nitriles is 1. The molecule has 0 atom stereocenters. The molecule has 1 aromatic carbocycles. The fraction of sp³-hybridized carbons (Fsp3) is 0.353. The SMILES string of the molecule is Cc1c(C(=O)NCc2ccc3c(c2)OCCO3)sc(=O)n1CCC#N. The van der Waals surface area contributed by atoms with Gasteiger partial charge in [0, 0.05) is 18.8 Å². The monoisotopic (exact) mass is 359 g/mol. The van der Waals surface area contributed by atoms with Crippen LogP contribution in [0.25, 0.3) is 0 Å². The molecule has 2 aromatic rings. The fourth-order valence-electron chi connectivity index (χ4n) is 2.57. The molecule has 25 heavy (non-hydrogen) atoms. The molecular formula is C17H17N3O4S. The van der Waals surface area contributed by atoms with Crippen LogP contribution in [0.1, 0.15) is 27.3 Å². The van der Waals surface area contributed by atoms with Gasteiger partial charge in [-0.3, -0.25) is 9.59 Å². The Bertz CT molecular complexity index is 894. The van der Waals surface area contributed by atoms with Crippen LogP contribution in [0.3, 0.4) is 0 Å². The van der Waals surface area contributed by atoms with Gasteiger partial charge in [0.15, 0.2) is 11.5 Å². The molecule has 130 valence electrons. The highest BCUT2D eigenvalue weighted by molar-refractivity contribution is 7.11. The predicted molar refractivity (Wildman–Crippen MR) is 92.1 cm³/mol. The normalized spacial score (nSPS) is 12.5. The van der Waals surface area contributed by atoms with Gasteiger partial charge in [-0.05, 0) is 24.6 Å². The van der Waals surface area contributed by atoms with Crippen molar-refractivity contribution in [3.63, 3.8) is 0 Å². The molecule has 0 saturated carbocycles. The van der Waals surface area contributed by atoms with Crippen LogP contribution in [0.5, 0.6) is 11.5 Å². The van der Waals surface area contributed by atoms with Crippen LogP contribution in [-0.2, 0) is 13.1 Å². The van der Waals surface area contributed by atoms with Gasteiger partial charge >= 0.3 is 4.87 Å². The zero-order valence-corrected chi connectivity index (χ0v) is 14.5. The number of thiazole rings is 1. The summed E-state index contributed by atoms with van der Waals surface area (Å²) in [7, 11) is 0. The predicted octanol–water partition coefficient (Wildman–Crippen LogP) is 1.83. The van der Waals surface area contributed by atoms with Gasteiger partial charge in [0.05, 0.1) is 12.5 Å². The number of aromatic nitrogens is 1. The Hall–Kier alpha value is -2.79. The van der Waals surface area contributed by atoms with Crippen molar-refractivity contribution in [3.8, 4) is 17.6 Å². The van der Waals surface area contributed by atoms with E-state index in [1.165, 1.54) is 4.57 Å². The minimum Gasteiger partial charge on any atom is -0.486 e. The molecular weight excluding hydrogens is 342 g/mol. The van der Waals surface area contributed by atoms with Crippen LogP contribution >= 0.6 is 11.3 Å². The molecule has 0 radical (unpaired) electrons. The smallest absolute Gasteiger partial charge is 0.308 e. The lowest BCUT2D eigenvalue weighted by Gasteiger charge is -2.18. The van der Waals surface area contributed by atoms with Crippen LogP contribution in [0.4, 0.5) is 0 Å². The van der Waals surface area contributed by atoms with Crippen molar-refractivity contribution in [1.29, 1.82) is 5.26 Å². The first-order valence-corrected chi connectivity index (χ1v) is 8.65. The number of hydrogen-bond acceptors (Lipinski definition) is 6. The summed E-state index contributed by atoms with van der Waals surface area (Å²) < 4.78 is 12.5. The van der Waals surface area contributed by atoms with Crippen LogP contribution in [0.2, 0.25) is 0 Å². The van der Waals surface area contributed by atoms with Crippen molar-refractivity contribution in [2.24, 2.45) is 0 Å². The van der Waals surface area contributed by atoms with Gasteiger partial charge in [-0.15, -0.1) is 0 Å². The van der Waals surface area contributed by atoms with Gasteiger partial charge in [-0.1, -0.05) is 17.4 Å². The van der Waals surface area contributed by atoms with Gasteiger partial charge in [-0.25, -0.2) is 0 Å². The first kappa shape index (κ1) is 17.0. The number of fused-ring (bicyclic) bond motifs is 1. The highest BCUT2D eigenvalue weighted by Gasteiger charge is 2.18. The van der Waals surface area contributed by atoms with Crippen molar-refractivity contribution in [2.45, 2.75) is 26.4 Å². The summed E-state index contributed by atoms with van der Waals surface area (Å²) in [5, 5.41) is 11.5. The largest absolute Gasteiger partial charge is 0.486 e. The molecule has 8 heteroatoms. The molecule has 1 amide bonds. The first-order chi connectivity index (χ1) is 12.1. The molecule has 1 aliphatic heterocycles. The van der Waals surface area contributed by atoms with E-state index in [0.717, 1.165) is 16.9 Å². The van der Waals surface area contributed by atoms with Gasteiger partial charge in [0.1, 0.15) is 18.1 Å². The number of carbonyl (C=O) groups is 1.